The lowest BCUT2D eigenvalue weighted by Crippen LogP contribution is -2.22. The van der Waals surface area contributed by atoms with E-state index in [1.54, 1.807) is 0 Å². The fourth-order valence-corrected chi connectivity index (χ4v) is 2.57. The Kier molecular flexibility index (Phi) is 5.28. The summed E-state index contributed by atoms with van der Waals surface area (Å²) < 4.78 is 38.2. The van der Waals surface area contributed by atoms with Gasteiger partial charge in [-0.15, -0.1) is 0 Å². The number of amides is 1. The molecule has 1 amide bonds. The molecule has 0 aromatic heterocycles. The molecule has 7 heteroatoms. The zero-order valence-corrected chi connectivity index (χ0v) is 12.2. The monoisotopic (exact) mass is 315 g/mol. The Labute approximate surface area is 127 Å². The van der Waals surface area contributed by atoms with E-state index in [0.29, 0.717) is 12.8 Å². The van der Waals surface area contributed by atoms with Crippen LogP contribution in [0.5, 0.6) is 0 Å². The number of nitrogens with zero attached hydrogens (tertiary/aromatic N) is 1. The second kappa shape index (κ2) is 7.00. The van der Waals surface area contributed by atoms with Gasteiger partial charge < -0.3 is 16.0 Å². The summed E-state index contributed by atoms with van der Waals surface area (Å²) in [6.07, 6.45) is -1.15. The van der Waals surface area contributed by atoms with E-state index in [0.717, 1.165) is 31.8 Å². The number of benzene rings is 1. The molecule has 0 atom stereocenters. The standard InChI is InChI=1S/C15H20F3N3O/c16-15(17,18)12-10-11(5-6-13(12)19)20-14(22)4-3-9-21-7-1-2-8-21/h5-6,10H,1-4,7-9,19H2,(H,20,22). The summed E-state index contributed by atoms with van der Waals surface area (Å²) in [6.45, 7) is 2.98. The van der Waals surface area contributed by atoms with Gasteiger partial charge in [-0.25, -0.2) is 0 Å². The minimum absolute atomic E-state index is 0.118. The molecule has 4 nitrogen and oxygen atoms in total. The molecule has 1 heterocycles. The van der Waals surface area contributed by atoms with Gasteiger partial charge in [-0.2, -0.15) is 13.2 Å². The molecule has 1 aromatic carbocycles. The summed E-state index contributed by atoms with van der Waals surface area (Å²) >= 11 is 0. The molecule has 0 spiro atoms. The molecule has 22 heavy (non-hydrogen) atoms. The highest BCUT2D eigenvalue weighted by Crippen LogP contribution is 2.35. The maximum Gasteiger partial charge on any atom is 0.418 e. The fourth-order valence-electron chi connectivity index (χ4n) is 2.57. The van der Waals surface area contributed by atoms with Gasteiger partial charge in [0.25, 0.3) is 0 Å². The lowest BCUT2D eigenvalue weighted by atomic mass is 10.1. The maximum atomic E-state index is 12.7. The first kappa shape index (κ1) is 16.6. The van der Waals surface area contributed by atoms with Gasteiger partial charge >= 0.3 is 6.18 Å². The van der Waals surface area contributed by atoms with Crippen LogP contribution in [-0.4, -0.2) is 30.4 Å². The van der Waals surface area contributed by atoms with E-state index in [2.05, 4.69) is 10.2 Å². The highest BCUT2D eigenvalue weighted by atomic mass is 19.4. The van der Waals surface area contributed by atoms with Crippen molar-refractivity contribution in [3.05, 3.63) is 23.8 Å². The molecular formula is C15H20F3N3O. The third-order valence-corrected chi connectivity index (χ3v) is 3.72. The van der Waals surface area contributed by atoms with Crippen molar-refractivity contribution in [1.29, 1.82) is 0 Å². The van der Waals surface area contributed by atoms with Crippen LogP contribution < -0.4 is 11.1 Å². The Balaban J connectivity index is 1.85. The van der Waals surface area contributed by atoms with Crippen LogP contribution in [0.15, 0.2) is 18.2 Å². The molecule has 0 radical (unpaired) electrons. The molecule has 0 saturated carbocycles. The van der Waals surface area contributed by atoms with Crippen molar-refractivity contribution in [3.8, 4) is 0 Å². The topological polar surface area (TPSA) is 58.4 Å². The van der Waals surface area contributed by atoms with Crippen molar-refractivity contribution in [1.82, 2.24) is 4.90 Å². The highest BCUT2D eigenvalue weighted by Gasteiger charge is 2.33. The molecule has 1 fully saturated rings. The van der Waals surface area contributed by atoms with Crippen LogP contribution in [-0.2, 0) is 11.0 Å². The second-order valence-corrected chi connectivity index (χ2v) is 5.50. The number of anilines is 2. The van der Waals surface area contributed by atoms with Crippen molar-refractivity contribution in [3.63, 3.8) is 0 Å². The van der Waals surface area contributed by atoms with Crippen LogP contribution in [0, 0.1) is 0 Å². The number of halogens is 3. The normalized spacial score (nSPS) is 16.0. The number of hydrogen-bond acceptors (Lipinski definition) is 3. The van der Waals surface area contributed by atoms with E-state index in [-0.39, 0.29) is 17.3 Å². The largest absolute Gasteiger partial charge is 0.418 e. The van der Waals surface area contributed by atoms with Crippen LogP contribution in [0.25, 0.3) is 0 Å². The molecule has 0 unspecified atom stereocenters. The lowest BCUT2D eigenvalue weighted by molar-refractivity contribution is -0.136. The summed E-state index contributed by atoms with van der Waals surface area (Å²) in [6, 6.07) is 3.40. The molecule has 0 bridgehead atoms. The Morgan fingerprint density at radius 1 is 1.27 bits per heavy atom. The third kappa shape index (κ3) is 4.62. The quantitative estimate of drug-likeness (QED) is 0.821. The number of hydrogen-bond donors (Lipinski definition) is 2. The van der Waals surface area contributed by atoms with Gasteiger partial charge in [0.05, 0.1) is 5.56 Å². The van der Waals surface area contributed by atoms with Gasteiger partial charge in [0, 0.05) is 17.8 Å². The molecule has 122 valence electrons. The van der Waals surface area contributed by atoms with E-state index < -0.39 is 11.7 Å². The summed E-state index contributed by atoms with van der Waals surface area (Å²) in [5.74, 6) is -0.280. The number of nitrogen functional groups attached to an aromatic ring is 1. The number of nitrogens with two attached hydrogens (primary N) is 1. The average Bonchev–Trinajstić information content (AvgIpc) is 2.93. The van der Waals surface area contributed by atoms with E-state index >= 15 is 0 Å². The minimum Gasteiger partial charge on any atom is -0.398 e. The Bertz CT molecular complexity index is 525. The Morgan fingerprint density at radius 3 is 2.59 bits per heavy atom. The average molecular weight is 315 g/mol. The van der Waals surface area contributed by atoms with E-state index in [9.17, 15) is 18.0 Å². The van der Waals surface area contributed by atoms with Crippen molar-refractivity contribution in [2.45, 2.75) is 31.9 Å². The van der Waals surface area contributed by atoms with Crippen LogP contribution in [0.4, 0.5) is 24.5 Å². The first-order valence-electron chi connectivity index (χ1n) is 7.35. The van der Waals surface area contributed by atoms with Crippen molar-refractivity contribution >= 4 is 17.3 Å². The molecule has 1 aliphatic rings. The number of rotatable bonds is 5. The van der Waals surface area contributed by atoms with Gasteiger partial charge in [0.2, 0.25) is 5.91 Å². The number of likely N-dealkylation sites (tertiary alicyclic amines) is 1. The number of carbonyl (C=O) groups is 1. The number of carbonyl (C=O) groups excluding carboxylic acids is 1. The molecular weight excluding hydrogens is 295 g/mol. The summed E-state index contributed by atoms with van der Waals surface area (Å²) in [4.78, 5) is 14.1. The Morgan fingerprint density at radius 2 is 1.95 bits per heavy atom. The van der Waals surface area contributed by atoms with Crippen molar-refractivity contribution < 1.29 is 18.0 Å². The summed E-state index contributed by atoms with van der Waals surface area (Å²) in [5.41, 5.74) is 4.16. The smallest absolute Gasteiger partial charge is 0.398 e. The molecule has 1 saturated heterocycles. The van der Waals surface area contributed by atoms with Crippen LogP contribution in [0.3, 0.4) is 0 Å². The maximum absolute atomic E-state index is 12.7. The van der Waals surface area contributed by atoms with Crippen LogP contribution >= 0.6 is 0 Å². The molecule has 3 N–H and O–H groups in total. The summed E-state index contributed by atoms with van der Waals surface area (Å²) in [5, 5.41) is 2.49. The fraction of sp³-hybridized carbons (Fsp3) is 0.533. The van der Waals surface area contributed by atoms with E-state index in [1.165, 1.54) is 18.9 Å². The van der Waals surface area contributed by atoms with Gasteiger partial charge in [-0.1, -0.05) is 0 Å². The highest BCUT2D eigenvalue weighted by molar-refractivity contribution is 5.91. The molecule has 0 aliphatic carbocycles. The third-order valence-electron chi connectivity index (χ3n) is 3.72. The number of alkyl halides is 3. The van der Waals surface area contributed by atoms with E-state index in [1.807, 2.05) is 0 Å². The SMILES string of the molecule is Nc1ccc(NC(=O)CCCN2CCCC2)cc1C(F)(F)F. The zero-order valence-electron chi connectivity index (χ0n) is 12.2. The Hall–Kier alpha value is -1.76. The first-order chi connectivity index (χ1) is 10.4. The van der Waals surface area contributed by atoms with Crippen LogP contribution in [0.2, 0.25) is 0 Å². The number of nitrogens with one attached hydrogen (secondary N) is 1. The molecule has 1 aromatic rings. The van der Waals surface area contributed by atoms with Crippen molar-refractivity contribution in [2.75, 3.05) is 30.7 Å². The van der Waals surface area contributed by atoms with Crippen molar-refractivity contribution in [2.24, 2.45) is 0 Å². The predicted molar refractivity (Wildman–Crippen MR) is 79.4 cm³/mol. The second-order valence-electron chi connectivity index (χ2n) is 5.50. The lowest BCUT2D eigenvalue weighted by Gasteiger charge is -2.14. The van der Waals surface area contributed by atoms with Gasteiger partial charge in [0.15, 0.2) is 0 Å². The molecule has 1 aliphatic heterocycles. The van der Waals surface area contributed by atoms with Gasteiger partial charge in [-0.05, 0) is 57.1 Å². The van der Waals surface area contributed by atoms with E-state index in [4.69, 9.17) is 5.73 Å². The van der Waals surface area contributed by atoms with Gasteiger partial charge in [-0.3, -0.25) is 4.79 Å². The minimum atomic E-state index is -4.53. The predicted octanol–water partition coefficient (Wildman–Crippen LogP) is 3.10. The first-order valence-corrected chi connectivity index (χ1v) is 7.35. The summed E-state index contributed by atoms with van der Waals surface area (Å²) in [7, 11) is 0. The van der Waals surface area contributed by atoms with Crippen LogP contribution in [0.1, 0.15) is 31.2 Å². The zero-order chi connectivity index (χ0) is 16.2. The molecule has 2 rings (SSSR count). The van der Waals surface area contributed by atoms with Gasteiger partial charge in [0.1, 0.15) is 0 Å².